The number of nitrogens with zero attached hydrogens (tertiary/aromatic N) is 3. The van der Waals surface area contributed by atoms with Gasteiger partial charge < -0.3 is 14.6 Å². The summed E-state index contributed by atoms with van der Waals surface area (Å²) in [5, 5.41) is 4.12. The minimum atomic E-state index is 0.489. The van der Waals surface area contributed by atoms with Gasteiger partial charge in [-0.25, -0.2) is 4.98 Å². The van der Waals surface area contributed by atoms with E-state index in [9.17, 15) is 0 Å². The molecular formula is C11H12Cl2N4O. The van der Waals surface area contributed by atoms with Gasteiger partial charge in [-0.15, -0.1) is 0 Å². The molecule has 0 aliphatic carbocycles. The van der Waals surface area contributed by atoms with E-state index in [0.717, 1.165) is 5.69 Å². The number of ether oxygens (including phenoxy) is 1. The molecule has 2 aromatic rings. The first-order valence-electron chi connectivity index (χ1n) is 5.22. The highest BCUT2D eigenvalue weighted by Crippen LogP contribution is 2.25. The lowest BCUT2D eigenvalue weighted by molar-refractivity contribution is 0.397. The molecule has 7 heteroatoms. The van der Waals surface area contributed by atoms with Gasteiger partial charge in [0.05, 0.1) is 18.7 Å². The van der Waals surface area contributed by atoms with Crippen molar-refractivity contribution in [1.29, 1.82) is 0 Å². The summed E-state index contributed by atoms with van der Waals surface area (Å²) in [6.07, 6.45) is 1.62. The molecular weight excluding hydrogens is 275 g/mol. The van der Waals surface area contributed by atoms with Crippen LogP contribution in [0.2, 0.25) is 10.2 Å². The molecule has 0 saturated heterocycles. The van der Waals surface area contributed by atoms with E-state index in [4.69, 9.17) is 27.9 Å². The van der Waals surface area contributed by atoms with Gasteiger partial charge in [0.15, 0.2) is 0 Å². The fraction of sp³-hybridized carbons (Fsp3) is 0.273. The quantitative estimate of drug-likeness (QED) is 0.939. The number of aromatic nitrogens is 3. The number of methoxy groups -OCH3 is 1. The summed E-state index contributed by atoms with van der Waals surface area (Å²) in [5.41, 5.74) is 0.941. The standard InChI is InChI=1S/C11H12Cl2N4O/c1-17-7(5-8(12)10(17)13)6-15-11-14-4-3-9(16-11)18-2/h3-5H,6H2,1-2H3,(H,14,15,16). The minimum absolute atomic E-state index is 0.489. The molecule has 1 N–H and O–H groups in total. The first-order valence-corrected chi connectivity index (χ1v) is 5.98. The summed E-state index contributed by atoms with van der Waals surface area (Å²) in [6, 6.07) is 3.48. The average Bonchev–Trinajstić information content (AvgIpc) is 2.64. The van der Waals surface area contributed by atoms with Crippen LogP contribution in [-0.4, -0.2) is 21.6 Å². The lowest BCUT2D eigenvalue weighted by Crippen LogP contribution is -2.07. The smallest absolute Gasteiger partial charge is 0.226 e. The van der Waals surface area contributed by atoms with E-state index in [1.54, 1.807) is 30.0 Å². The Morgan fingerprint density at radius 1 is 1.44 bits per heavy atom. The van der Waals surface area contributed by atoms with Crippen molar-refractivity contribution in [3.63, 3.8) is 0 Å². The molecule has 0 fully saturated rings. The van der Waals surface area contributed by atoms with E-state index in [0.29, 0.717) is 28.5 Å². The third-order valence-corrected chi connectivity index (χ3v) is 3.32. The molecule has 0 unspecified atom stereocenters. The molecule has 0 bridgehead atoms. The maximum atomic E-state index is 5.98. The summed E-state index contributed by atoms with van der Waals surface area (Å²) in [7, 11) is 3.40. The van der Waals surface area contributed by atoms with Crippen molar-refractivity contribution in [2.75, 3.05) is 12.4 Å². The molecule has 0 saturated carbocycles. The molecule has 0 aliphatic heterocycles. The Morgan fingerprint density at radius 2 is 2.22 bits per heavy atom. The van der Waals surface area contributed by atoms with Crippen molar-refractivity contribution < 1.29 is 4.74 Å². The van der Waals surface area contributed by atoms with Crippen LogP contribution in [0, 0.1) is 0 Å². The summed E-state index contributed by atoms with van der Waals surface area (Å²) in [5.74, 6) is 0.998. The second-order valence-electron chi connectivity index (χ2n) is 3.61. The summed E-state index contributed by atoms with van der Waals surface area (Å²) in [6.45, 7) is 0.524. The fourth-order valence-corrected chi connectivity index (χ4v) is 1.89. The van der Waals surface area contributed by atoms with Crippen LogP contribution in [-0.2, 0) is 13.6 Å². The summed E-state index contributed by atoms with van der Waals surface area (Å²) < 4.78 is 6.82. The maximum absolute atomic E-state index is 5.98. The predicted molar refractivity (Wildman–Crippen MR) is 71.3 cm³/mol. The van der Waals surface area contributed by atoms with Gasteiger partial charge in [-0.05, 0) is 6.07 Å². The summed E-state index contributed by atoms with van der Waals surface area (Å²) >= 11 is 11.9. The van der Waals surface area contributed by atoms with E-state index < -0.39 is 0 Å². The van der Waals surface area contributed by atoms with E-state index >= 15 is 0 Å². The second kappa shape index (κ2) is 5.46. The first-order chi connectivity index (χ1) is 8.61. The van der Waals surface area contributed by atoms with Crippen LogP contribution in [0.15, 0.2) is 18.3 Å². The van der Waals surface area contributed by atoms with Crippen LogP contribution in [0.3, 0.4) is 0 Å². The van der Waals surface area contributed by atoms with Gasteiger partial charge in [0.1, 0.15) is 5.15 Å². The largest absolute Gasteiger partial charge is 0.481 e. The van der Waals surface area contributed by atoms with Crippen molar-refractivity contribution in [3.05, 3.63) is 34.2 Å². The van der Waals surface area contributed by atoms with Gasteiger partial charge in [-0.3, -0.25) is 0 Å². The van der Waals surface area contributed by atoms with Gasteiger partial charge in [-0.1, -0.05) is 23.2 Å². The maximum Gasteiger partial charge on any atom is 0.226 e. The monoisotopic (exact) mass is 286 g/mol. The zero-order chi connectivity index (χ0) is 13.1. The highest BCUT2D eigenvalue weighted by atomic mass is 35.5. The third-order valence-electron chi connectivity index (χ3n) is 2.48. The van der Waals surface area contributed by atoms with Crippen molar-refractivity contribution in [2.24, 2.45) is 7.05 Å². The fourth-order valence-electron chi connectivity index (χ4n) is 1.47. The zero-order valence-corrected chi connectivity index (χ0v) is 11.5. The Balaban J connectivity index is 2.09. The van der Waals surface area contributed by atoms with Crippen LogP contribution in [0.1, 0.15) is 5.69 Å². The van der Waals surface area contributed by atoms with Crippen LogP contribution in [0.4, 0.5) is 5.95 Å². The van der Waals surface area contributed by atoms with E-state index in [-0.39, 0.29) is 0 Å². The van der Waals surface area contributed by atoms with E-state index in [1.165, 1.54) is 0 Å². The van der Waals surface area contributed by atoms with Crippen molar-refractivity contribution in [1.82, 2.24) is 14.5 Å². The molecule has 5 nitrogen and oxygen atoms in total. The molecule has 0 aliphatic rings. The van der Waals surface area contributed by atoms with Gasteiger partial charge >= 0.3 is 0 Å². The normalized spacial score (nSPS) is 10.4. The van der Waals surface area contributed by atoms with Crippen LogP contribution >= 0.6 is 23.2 Å². The number of hydrogen-bond acceptors (Lipinski definition) is 4. The Bertz CT molecular complexity index is 556. The first kappa shape index (κ1) is 13.0. The molecule has 2 rings (SSSR count). The van der Waals surface area contributed by atoms with Crippen molar-refractivity contribution in [3.8, 4) is 5.88 Å². The van der Waals surface area contributed by atoms with Gasteiger partial charge in [0, 0.05) is 25.0 Å². The van der Waals surface area contributed by atoms with E-state index in [2.05, 4.69) is 15.3 Å². The Kier molecular flexibility index (Phi) is 3.93. The number of hydrogen-bond donors (Lipinski definition) is 1. The lowest BCUT2D eigenvalue weighted by atomic mass is 10.4. The van der Waals surface area contributed by atoms with Gasteiger partial charge in [0.2, 0.25) is 11.8 Å². The third kappa shape index (κ3) is 2.68. The minimum Gasteiger partial charge on any atom is -0.481 e. The Labute approximate surface area is 115 Å². The highest BCUT2D eigenvalue weighted by molar-refractivity contribution is 6.41. The number of nitrogens with one attached hydrogen (secondary N) is 1. The molecule has 2 aromatic heterocycles. The van der Waals surface area contributed by atoms with Crippen molar-refractivity contribution >= 4 is 29.2 Å². The topological polar surface area (TPSA) is 52.0 Å². The van der Waals surface area contributed by atoms with Gasteiger partial charge in [0.25, 0.3) is 0 Å². The van der Waals surface area contributed by atoms with E-state index in [1.807, 2.05) is 7.05 Å². The lowest BCUT2D eigenvalue weighted by Gasteiger charge is -2.07. The highest BCUT2D eigenvalue weighted by Gasteiger charge is 2.09. The molecule has 2 heterocycles. The number of anilines is 1. The Morgan fingerprint density at radius 3 is 2.83 bits per heavy atom. The molecule has 0 radical (unpaired) electrons. The number of halogens is 2. The van der Waals surface area contributed by atoms with Crippen LogP contribution < -0.4 is 10.1 Å². The molecule has 0 atom stereocenters. The Hall–Kier alpha value is -1.46. The van der Waals surface area contributed by atoms with Crippen LogP contribution in [0.5, 0.6) is 5.88 Å². The molecule has 96 valence electrons. The predicted octanol–water partition coefficient (Wildman–Crippen LogP) is 2.74. The number of rotatable bonds is 4. The summed E-state index contributed by atoms with van der Waals surface area (Å²) in [4.78, 5) is 8.23. The van der Waals surface area contributed by atoms with Gasteiger partial charge in [-0.2, -0.15) is 4.98 Å². The van der Waals surface area contributed by atoms with Crippen molar-refractivity contribution in [2.45, 2.75) is 6.54 Å². The molecule has 0 aromatic carbocycles. The average molecular weight is 287 g/mol. The molecule has 18 heavy (non-hydrogen) atoms. The molecule has 0 spiro atoms. The SMILES string of the molecule is COc1ccnc(NCc2cc(Cl)c(Cl)n2C)n1. The second-order valence-corrected chi connectivity index (χ2v) is 4.37. The van der Waals surface area contributed by atoms with Crippen LogP contribution in [0.25, 0.3) is 0 Å². The molecule has 0 amide bonds. The zero-order valence-electron chi connectivity index (χ0n) is 9.94.